The molecule has 0 saturated heterocycles. The van der Waals surface area contributed by atoms with Gasteiger partial charge in [-0.3, -0.25) is 4.79 Å². The zero-order valence-corrected chi connectivity index (χ0v) is 10.3. The highest BCUT2D eigenvalue weighted by Gasteiger charge is 2.18. The topological polar surface area (TPSA) is 99.6 Å². The van der Waals surface area contributed by atoms with Crippen LogP contribution in [0.5, 0.6) is 0 Å². The summed E-state index contributed by atoms with van der Waals surface area (Å²) in [7, 11) is 0. The van der Waals surface area contributed by atoms with Gasteiger partial charge in [-0.1, -0.05) is 0 Å². The number of H-pyrrole nitrogens is 1. The lowest BCUT2D eigenvalue weighted by atomic mass is 10.1. The van der Waals surface area contributed by atoms with E-state index in [1.165, 1.54) is 0 Å². The Labute approximate surface area is 105 Å². The third kappa shape index (κ3) is 4.58. The molecule has 1 aromatic heterocycles. The molecule has 0 aliphatic heterocycles. The molecule has 0 saturated carbocycles. The second kappa shape index (κ2) is 6.20. The summed E-state index contributed by atoms with van der Waals surface area (Å²) in [5.41, 5.74) is 1.26. The Bertz CT molecular complexity index is 426. The fourth-order valence-electron chi connectivity index (χ4n) is 1.58. The average molecular weight is 255 g/mol. The van der Waals surface area contributed by atoms with E-state index in [0.29, 0.717) is 5.69 Å². The highest BCUT2D eigenvalue weighted by atomic mass is 16.5. The van der Waals surface area contributed by atoms with Gasteiger partial charge in [0.25, 0.3) is 0 Å². The quantitative estimate of drug-likeness (QED) is 0.661. The van der Waals surface area contributed by atoms with E-state index in [9.17, 15) is 14.7 Å². The Balaban J connectivity index is 2.42. The lowest BCUT2D eigenvalue weighted by Crippen LogP contribution is -2.23. The molecule has 0 radical (unpaired) electrons. The van der Waals surface area contributed by atoms with Gasteiger partial charge in [-0.05, 0) is 25.5 Å². The molecular weight excluding hydrogens is 238 g/mol. The first-order valence-electron chi connectivity index (χ1n) is 5.64. The first-order valence-corrected chi connectivity index (χ1v) is 5.64. The molecule has 6 heteroatoms. The molecule has 3 N–H and O–H groups in total. The highest BCUT2D eigenvalue weighted by molar-refractivity contribution is 5.87. The Morgan fingerprint density at radius 1 is 1.50 bits per heavy atom. The molecule has 6 nitrogen and oxygen atoms in total. The maximum atomic E-state index is 11.6. The van der Waals surface area contributed by atoms with E-state index in [2.05, 4.69) is 4.98 Å². The van der Waals surface area contributed by atoms with Gasteiger partial charge >= 0.3 is 11.9 Å². The van der Waals surface area contributed by atoms with Gasteiger partial charge in [0.1, 0.15) is 11.8 Å². The van der Waals surface area contributed by atoms with Gasteiger partial charge in [0, 0.05) is 12.6 Å². The Hall–Kier alpha value is -1.82. The number of aliphatic hydroxyl groups is 1. The summed E-state index contributed by atoms with van der Waals surface area (Å²) in [4.78, 5) is 24.8. The number of carboxylic acids is 1. The summed E-state index contributed by atoms with van der Waals surface area (Å²) in [6.07, 6.45) is -0.145. The zero-order valence-electron chi connectivity index (χ0n) is 10.3. The summed E-state index contributed by atoms with van der Waals surface area (Å²) in [5, 5.41) is 17.9. The molecule has 0 aliphatic carbocycles. The van der Waals surface area contributed by atoms with Gasteiger partial charge in [-0.25, -0.2) is 4.79 Å². The number of aliphatic carboxylic acids is 1. The molecular formula is C12H17NO5. The summed E-state index contributed by atoms with van der Waals surface area (Å²) in [6.45, 7) is 3.45. The SMILES string of the molecule is Cc1c[nH]c(C(=O)O[C@H](C)C[C@@H](O)CC(=O)O)c1. The van der Waals surface area contributed by atoms with Crippen LogP contribution in [0.15, 0.2) is 12.3 Å². The number of aryl methyl sites for hydroxylation is 1. The van der Waals surface area contributed by atoms with E-state index >= 15 is 0 Å². The number of carbonyl (C=O) groups excluding carboxylic acids is 1. The fourth-order valence-corrected chi connectivity index (χ4v) is 1.58. The molecule has 0 unspecified atom stereocenters. The first kappa shape index (κ1) is 14.2. The minimum atomic E-state index is -1.08. The predicted octanol–water partition coefficient (Wildman–Crippen LogP) is 1.09. The minimum Gasteiger partial charge on any atom is -0.481 e. The van der Waals surface area contributed by atoms with Crippen molar-refractivity contribution in [2.24, 2.45) is 0 Å². The summed E-state index contributed by atoms with van der Waals surface area (Å²) < 4.78 is 5.08. The number of nitrogens with one attached hydrogen (secondary N) is 1. The number of hydrogen-bond donors (Lipinski definition) is 3. The van der Waals surface area contributed by atoms with Gasteiger partial charge in [-0.2, -0.15) is 0 Å². The molecule has 0 amide bonds. The molecule has 1 heterocycles. The number of aromatic nitrogens is 1. The van der Waals surface area contributed by atoms with Gasteiger partial charge in [0.05, 0.1) is 12.5 Å². The molecule has 0 spiro atoms. The molecule has 1 aromatic rings. The largest absolute Gasteiger partial charge is 0.481 e. The van der Waals surface area contributed by atoms with Crippen molar-refractivity contribution in [1.82, 2.24) is 4.98 Å². The lowest BCUT2D eigenvalue weighted by molar-refractivity contribution is -0.139. The van der Waals surface area contributed by atoms with Crippen LogP contribution in [0.25, 0.3) is 0 Å². The number of carboxylic acid groups (broad SMARTS) is 1. The van der Waals surface area contributed by atoms with Crippen molar-refractivity contribution < 1.29 is 24.5 Å². The van der Waals surface area contributed by atoms with Gasteiger partial charge < -0.3 is 19.9 Å². The van der Waals surface area contributed by atoms with E-state index in [1.807, 2.05) is 6.92 Å². The van der Waals surface area contributed by atoms with Crippen molar-refractivity contribution in [2.45, 2.75) is 38.9 Å². The van der Waals surface area contributed by atoms with Crippen molar-refractivity contribution in [1.29, 1.82) is 0 Å². The predicted molar refractivity (Wildman–Crippen MR) is 63.3 cm³/mol. The fraction of sp³-hybridized carbons (Fsp3) is 0.500. The monoisotopic (exact) mass is 255 g/mol. The number of ether oxygens (including phenoxy) is 1. The van der Waals surface area contributed by atoms with Crippen LogP contribution in [-0.2, 0) is 9.53 Å². The first-order chi connectivity index (χ1) is 8.38. The summed E-state index contributed by atoms with van der Waals surface area (Å²) in [5.74, 6) is -1.60. The second-order valence-electron chi connectivity index (χ2n) is 4.29. The maximum absolute atomic E-state index is 11.6. The van der Waals surface area contributed by atoms with E-state index in [0.717, 1.165) is 5.56 Å². The standard InChI is InChI=1S/C12H17NO5/c1-7-3-10(13-6-7)12(17)18-8(2)4-9(14)5-11(15)16/h3,6,8-9,13-14H,4-5H2,1-2H3,(H,15,16)/t8-,9-/m1/s1. The van der Waals surface area contributed by atoms with Crippen molar-refractivity contribution in [3.63, 3.8) is 0 Å². The van der Waals surface area contributed by atoms with E-state index < -0.39 is 24.1 Å². The normalized spacial score (nSPS) is 13.9. The number of aliphatic hydroxyl groups excluding tert-OH is 1. The summed E-state index contributed by atoms with van der Waals surface area (Å²) in [6, 6.07) is 1.66. The van der Waals surface area contributed by atoms with Crippen molar-refractivity contribution in [3.05, 3.63) is 23.5 Å². The van der Waals surface area contributed by atoms with Crippen LogP contribution in [0, 0.1) is 6.92 Å². The molecule has 2 atom stereocenters. The summed E-state index contributed by atoms with van der Waals surface area (Å²) >= 11 is 0. The molecule has 0 aromatic carbocycles. The number of hydrogen-bond acceptors (Lipinski definition) is 4. The second-order valence-corrected chi connectivity index (χ2v) is 4.29. The van der Waals surface area contributed by atoms with Crippen LogP contribution in [0.1, 0.15) is 35.8 Å². The Morgan fingerprint density at radius 3 is 2.67 bits per heavy atom. The van der Waals surface area contributed by atoms with Crippen molar-refractivity contribution >= 4 is 11.9 Å². The highest BCUT2D eigenvalue weighted by Crippen LogP contribution is 2.10. The van der Waals surface area contributed by atoms with E-state index in [-0.39, 0.29) is 12.8 Å². The smallest absolute Gasteiger partial charge is 0.355 e. The Morgan fingerprint density at radius 2 is 2.17 bits per heavy atom. The number of esters is 1. The van der Waals surface area contributed by atoms with Crippen LogP contribution in [0.3, 0.4) is 0 Å². The number of aromatic amines is 1. The molecule has 18 heavy (non-hydrogen) atoms. The lowest BCUT2D eigenvalue weighted by Gasteiger charge is -2.15. The molecule has 100 valence electrons. The van der Waals surface area contributed by atoms with Crippen molar-refractivity contribution in [3.8, 4) is 0 Å². The number of carbonyl (C=O) groups is 2. The van der Waals surface area contributed by atoms with Gasteiger partial charge in [-0.15, -0.1) is 0 Å². The van der Waals surface area contributed by atoms with Crippen LogP contribution < -0.4 is 0 Å². The van der Waals surface area contributed by atoms with Crippen LogP contribution in [0.4, 0.5) is 0 Å². The molecule has 0 aliphatic rings. The number of rotatable bonds is 6. The Kier molecular flexibility index (Phi) is 4.91. The average Bonchev–Trinajstić information content (AvgIpc) is 2.62. The van der Waals surface area contributed by atoms with Gasteiger partial charge in [0.2, 0.25) is 0 Å². The molecule has 1 rings (SSSR count). The third-order valence-corrected chi connectivity index (χ3v) is 2.37. The van der Waals surface area contributed by atoms with E-state index in [1.54, 1.807) is 19.2 Å². The van der Waals surface area contributed by atoms with E-state index in [4.69, 9.17) is 9.84 Å². The van der Waals surface area contributed by atoms with Crippen LogP contribution in [-0.4, -0.2) is 39.3 Å². The molecule has 0 fully saturated rings. The van der Waals surface area contributed by atoms with Crippen LogP contribution >= 0.6 is 0 Å². The van der Waals surface area contributed by atoms with Gasteiger partial charge in [0.15, 0.2) is 0 Å². The minimum absolute atomic E-state index is 0.0950. The molecule has 0 bridgehead atoms. The van der Waals surface area contributed by atoms with Crippen LogP contribution in [0.2, 0.25) is 0 Å². The zero-order chi connectivity index (χ0) is 13.7. The third-order valence-electron chi connectivity index (χ3n) is 2.37. The maximum Gasteiger partial charge on any atom is 0.355 e. The van der Waals surface area contributed by atoms with Crippen molar-refractivity contribution in [2.75, 3.05) is 0 Å².